The Morgan fingerprint density at radius 3 is 2.29 bits per heavy atom. The van der Waals surface area contributed by atoms with Gasteiger partial charge in [-0.3, -0.25) is 14.7 Å². The molecule has 0 bridgehead atoms. The summed E-state index contributed by atoms with van der Waals surface area (Å²) in [4.78, 5) is 32.8. The van der Waals surface area contributed by atoms with E-state index in [4.69, 9.17) is 56.4 Å². The Kier molecular flexibility index (Phi) is 19.9. The molecule has 5 aliphatic rings. The number of methoxy groups -OCH3 is 1. The number of cyclic esters (lactones) is 2. The molecule has 1 amide bonds. The molecule has 0 saturated carbocycles. The maximum atomic E-state index is 14.5. The number of hydrazine groups is 2. The topological polar surface area (TPSA) is 237 Å². The van der Waals surface area contributed by atoms with Crippen molar-refractivity contribution in [3.63, 3.8) is 0 Å². The molecule has 1 aromatic carbocycles. The molecule has 0 unspecified atom stereocenters. The number of benzene rings is 1. The van der Waals surface area contributed by atoms with Crippen molar-refractivity contribution in [2.24, 2.45) is 17.8 Å². The summed E-state index contributed by atoms with van der Waals surface area (Å²) in [6.45, 7) is 19.1. The highest BCUT2D eigenvalue weighted by atomic mass is 35.5. The van der Waals surface area contributed by atoms with Crippen molar-refractivity contribution < 1.29 is 68.3 Å². The molecule has 0 aromatic heterocycles. The highest BCUT2D eigenvalue weighted by Crippen LogP contribution is 2.41. The Morgan fingerprint density at radius 1 is 0.932 bits per heavy atom. The molecule has 1 aromatic rings. The molecular formula is C51H84Cl2N6O14. The Balaban J connectivity index is 1.22. The van der Waals surface area contributed by atoms with Crippen LogP contribution in [0.4, 0.5) is 10.5 Å². The van der Waals surface area contributed by atoms with Crippen LogP contribution in [0.2, 0.25) is 10.0 Å². The van der Waals surface area contributed by atoms with Gasteiger partial charge in [0.2, 0.25) is 0 Å². The number of anilines is 1. The minimum Gasteiger partial charge on any atom is -0.459 e. The predicted molar refractivity (Wildman–Crippen MR) is 273 cm³/mol. The lowest BCUT2D eigenvalue weighted by atomic mass is 9.77. The molecule has 0 aliphatic carbocycles. The summed E-state index contributed by atoms with van der Waals surface area (Å²) in [6, 6.07) is 3.96. The van der Waals surface area contributed by atoms with Gasteiger partial charge in [0.1, 0.15) is 36.1 Å². The van der Waals surface area contributed by atoms with Crippen LogP contribution in [-0.2, 0) is 38.0 Å². The number of amides is 1. The van der Waals surface area contributed by atoms with Gasteiger partial charge in [-0.15, -0.1) is 5.53 Å². The quantitative estimate of drug-likeness (QED) is 0.137. The van der Waals surface area contributed by atoms with Gasteiger partial charge >= 0.3 is 12.1 Å². The van der Waals surface area contributed by atoms with Crippen LogP contribution in [0.25, 0.3) is 0 Å². The number of aliphatic hydroxyl groups is 5. The van der Waals surface area contributed by atoms with Gasteiger partial charge in [-0.2, -0.15) is 0 Å². The molecular weight excluding hydrogens is 991 g/mol. The first kappa shape index (κ1) is 59.6. The fourth-order valence-electron chi connectivity index (χ4n) is 11.4. The number of ether oxygens (including phenoxy) is 7. The summed E-state index contributed by atoms with van der Waals surface area (Å²) in [5.74, 6) is -2.83. The van der Waals surface area contributed by atoms with Gasteiger partial charge < -0.3 is 73.9 Å². The zero-order chi connectivity index (χ0) is 54.1. The Hall–Kier alpha value is -2.64. The van der Waals surface area contributed by atoms with Crippen molar-refractivity contribution in [1.29, 1.82) is 0 Å². The summed E-state index contributed by atoms with van der Waals surface area (Å²) < 4.78 is 44.0. The van der Waals surface area contributed by atoms with Crippen LogP contribution in [0, 0.1) is 17.8 Å². The highest BCUT2D eigenvalue weighted by Gasteiger charge is 2.53. The van der Waals surface area contributed by atoms with E-state index in [0.717, 1.165) is 5.70 Å². The minimum absolute atomic E-state index is 0.0913. The summed E-state index contributed by atoms with van der Waals surface area (Å²) in [6.07, 6.45) is -7.69. The van der Waals surface area contributed by atoms with E-state index in [0.29, 0.717) is 54.8 Å². The van der Waals surface area contributed by atoms with E-state index in [9.17, 15) is 35.1 Å². The maximum absolute atomic E-state index is 14.5. The van der Waals surface area contributed by atoms with Gasteiger partial charge in [0.15, 0.2) is 12.6 Å². The van der Waals surface area contributed by atoms with Crippen molar-refractivity contribution in [3.8, 4) is 0 Å². The second kappa shape index (κ2) is 24.4. The first-order valence-corrected chi connectivity index (χ1v) is 26.5. The van der Waals surface area contributed by atoms with Crippen LogP contribution in [0.5, 0.6) is 0 Å². The van der Waals surface area contributed by atoms with Crippen molar-refractivity contribution in [2.75, 3.05) is 52.3 Å². The zero-order valence-electron chi connectivity index (χ0n) is 44.9. The number of hydrogen-bond acceptors (Lipinski definition) is 19. The highest BCUT2D eigenvalue weighted by molar-refractivity contribution is 6.42. The fourth-order valence-corrected chi connectivity index (χ4v) is 11.7. The van der Waals surface area contributed by atoms with Crippen LogP contribution in [0.3, 0.4) is 0 Å². The number of carbonyl (C=O) groups is 2. The SMILES string of the molecule is CC[C@H]1OC(=O)[C@H](C)[C@@H](O[C@H]2C[C@@](C)(OC)[C@@H](O)[C@H](C)O2)[C@H](C)[C@@H](O[C@@H]2O[C@H](C)C[C@H](N(C)CCC3=CN(C[C@H]4CN(c5ccc(Cl)c(Cl)c5)C(=O)O4)NN3)[C@H]2O)[C@](C)(O)C[C@@H](C)CN(C)[C@H](C)[C@@H](O)[C@]1(C)O. The van der Waals surface area contributed by atoms with E-state index in [2.05, 4.69) is 15.9 Å². The number of esters is 1. The van der Waals surface area contributed by atoms with Gasteiger partial charge in [0.25, 0.3) is 0 Å². The average Bonchev–Trinajstić information content (AvgIpc) is 3.94. The van der Waals surface area contributed by atoms with Gasteiger partial charge in [-0.1, -0.05) is 44.0 Å². The van der Waals surface area contributed by atoms with E-state index >= 15 is 0 Å². The Morgan fingerprint density at radius 2 is 1.63 bits per heavy atom. The summed E-state index contributed by atoms with van der Waals surface area (Å²) in [5.41, 5.74) is 3.22. The third-order valence-corrected chi connectivity index (χ3v) is 16.7. The van der Waals surface area contributed by atoms with Crippen molar-refractivity contribution in [1.82, 2.24) is 25.8 Å². The smallest absolute Gasteiger partial charge is 0.414 e. The van der Waals surface area contributed by atoms with Crippen LogP contribution >= 0.6 is 23.2 Å². The van der Waals surface area contributed by atoms with Gasteiger partial charge in [-0.25, -0.2) is 4.79 Å². The summed E-state index contributed by atoms with van der Waals surface area (Å²) in [5, 5.41) is 62.3. The van der Waals surface area contributed by atoms with Crippen LogP contribution in [0.15, 0.2) is 30.1 Å². The van der Waals surface area contributed by atoms with E-state index in [-0.39, 0.29) is 31.3 Å². The largest absolute Gasteiger partial charge is 0.459 e. The number of carbonyl (C=O) groups excluding carboxylic acids is 2. The minimum atomic E-state index is -1.85. The van der Waals surface area contributed by atoms with Crippen LogP contribution in [-0.4, -0.2) is 196 Å². The number of nitrogens with one attached hydrogen (secondary N) is 2. The summed E-state index contributed by atoms with van der Waals surface area (Å²) in [7, 11) is 5.25. The average molecular weight is 1080 g/mol. The number of hydrogen-bond donors (Lipinski definition) is 7. The molecule has 0 radical (unpaired) electrons. The molecule has 0 spiro atoms. The third kappa shape index (κ3) is 13.7. The first-order valence-electron chi connectivity index (χ1n) is 25.8. The molecule has 7 N–H and O–H groups in total. The molecule has 19 atom stereocenters. The predicted octanol–water partition coefficient (Wildman–Crippen LogP) is 4.16. The number of aliphatic hydroxyl groups excluding tert-OH is 3. The lowest BCUT2D eigenvalue weighted by Crippen LogP contribution is -2.61. The standard InChI is InChI=1S/C51H84Cl2N6O14/c1-14-39-51(10,66)43(61)31(6)57(12)23-27(2)21-49(8,65)45(29(4)42(30(5)46(63)71-39)72-40-22-50(9,67-13)44(62)32(7)69-40)73-47-41(60)38(19-28(3)68-47)56(11)18-17-33-24-58(55-54-33)25-35-26-59(48(64)70-35)34-15-16-36(52)37(53)20-34/h15-16,20,24,27-32,35,38-45,47,54-55,60-62,65-66H,14,17-19,21-23,25-26H2,1-13H3/t27-,28-,29+,30-,31-,32+,35+,38+,39-,40+,41-,42+,43-,44+,45-,47+,49-,50-,51-/m1/s1. The number of rotatable bonds is 13. The van der Waals surface area contributed by atoms with Crippen molar-refractivity contribution in [3.05, 3.63) is 40.1 Å². The van der Waals surface area contributed by atoms with E-state index in [1.807, 2.05) is 51.0 Å². The molecule has 5 aliphatic heterocycles. The molecule has 20 nitrogen and oxygen atoms in total. The Labute approximate surface area is 441 Å². The van der Waals surface area contributed by atoms with Gasteiger partial charge in [0.05, 0.1) is 64.7 Å². The molecule has 5 heterocycles. The van der Waals surface area contributed by atoms with Crippen LogP contribution in [0.1, 0.15) is 101 Å². The second-order valence-electron chi connectivity index (χ2n) is 22.2. The van der Waals surface area contributed by atoms with Crippen LogP contribution < -0.4 is 15.9 Å². The third-order valence-electron chi connectivity index (χ3n) is 16.0. The van der Waals surface area contributed by atoms with Crippen molar-refractivity contribution in [2.45, 2.75) is 198 Å². The molecule has 4 saturated heterocycles. The molecule has 6 rings (SSSR count). The molecule has 22 heteroatoms. The van der Waals surface area contributed by atoms with E-state index < -0.39 is 114 Å². The number of halogens is 2. The fraction of sp³-hybridized carbons (Fsp3) is 0.804. The molecule has 4 fully saturated rings. The summed E-state index contributed by atoms with van der Waals surface area (Å²) >= 11 is 12.3. The number of likely N-dealkylation sites (N-methyl/N-ethyl adjacent to an activating group) is 2. The second-order valence-corrected chi connectivity index (χ2v) is 23.0. The van der Waals surface area contributed by atoms with E-state index in [1.165, 1.54) is 18.9 Å². The number of nitrogens with zero attached hydrogens (tertiary/aromatic N) is 4. The Bertz CT molecular complexity index is 2060. The normalized spacial score (nSPS) is 41.7. The van der Waals surface area contributed by atoms with E-state index in [1.54, 1.807) is 59.7 Å². The monoisotopic (exact) mass is 1070 g/mol. The van der Waals surface area contributed by atoms with Gasteiger partial charge in [0, 0.05) is 68.6 Å². The zero-order valence-corrected chi connectivity index (χ0v) is 46.4. The molecule has 416 valence electrons. The lowest BCUT2D eigenvalue weighted by Gasteiger charge is -2.49. The first-order chi connectivity index (χ1) is 34.1. The van der Waals surface area contributed by atoms with Gasteiger partial charge in [-0.05, 0) is 106 Å². The van der Waals surface area contributed by atoms with Crippen molar-refractivity contribution >= 4 is 41.0 Å². The maximum Gasteiger partial charge on any atom is 0.414 e. The lowest BCUT2D eigenvalue weighted by molar-refractivity contribution is -0.318. The molecule has 73 heavy (non-hydrogen) atoms.